The summed E-state index contributed by atoms with van der Waals surface area (Å²) in [6.07, 6.45) is -0.421. The molecule has 0 radical (unpaired) electrons. The summed E-state index contributed by atoms with van der Waals surface area (Å²) in [7, 11) is 0. The fourth-order valence-electron chi connectivity index (χ4n) is 2.11. The quantitative estimate of drug-likeness (QED) is 0.627. The number of hydrogen-bond donors (Lipinski definition) is 2. The predicted octanol–water partition coefficient (Wildman–Crippen LogP) is 3.10. The molecule has 2 rings (SSSR count). The first-order valence-electron chi connectivity index (χ1n) is 6.94. The number of carbonyl (C=O) groups is 1. The predicted molar refractivity (Wildman–Crippen MR) is 86.5 cm³/mol. The van der Waals surface area contributed by atoms with E-state index in [1.165, 1.54) is 18.2 Å². The second-order valence-electron chi connectivity index (χ2n) is 4.89. The van der Waals surface area contributed by atoms with Crippen LogP contribution in [0.4, 0.5) is 5.69 Å². The van der Waals surface area contributed by atoms with Gasteiger partial charge >= 0.3 is 0 Å². The van der Waals surface area contributed by atoms with Gasteiger partial charge in [0.15, 0.2) is 0 Å². The van der Waals surface area contributed by atoms with E-state index in [0.29, 0.717) is 6.42 Å². The molecule has 0 heterocycles. The van der Waals surface area contributed by atoms with Crippen LogP contribution in [0.3, 0.4) is 0 Å². The van der Waals surface area contributed by atoms with Crippen molar-refractivity contribution in [1.29, 1.82) is 0 Å². The van der Waals surface area contributed by atoms with Crippen LogP contribution in [0, 0.1) is 10.1 Å². The molecule has 1 atom stereocenters. The fourth-order valence-corrected chi connectivity index (χ4v) is 2.28. The summed E-state index contributed by atoms with van der Waals surface area (Å²) in [5, 5.41) is 23.8. The summed E-state index contributed by atoms with van der Waals surface area (Å²) < 4.78 is 0. The third-order valence-corrected chi connectivity index (χ3v) is 3.52. The normalized spacial score (nSPS) is 11.7. The topological polar surface area (TPSA) is 92.5 Å². The standard InChI is InChI=1S/C16H15ClN2O4/c17-12-6-7-14(19(22)23)13(10-12)16(21)18-9-8-15(20)11-4-2-1-3-5-11/h1-7,10,15,20H,8-9H2,(H,18,21). The van der Waals surface area contributed by atoms with Crippen LogP contribution in [0.25, 0.3) is 0 Å². The van der Waals surface area contributed by atoms with Gasteiger partial charge < -0.3 is 10.4 Å². The number of benzene rings is 2. The number of amides is 1. The number of aliphatic hydroxyl groups excluding tert-OH is 1. The Kier molecular flexibility index (Phi) is 5.67. The van der Waals surface area contributed by atoms with E-state index in [1.807, 2.05) is 18.2 Å². The van der Waals surface area contributed by atoms with Gasteiger partial charge in [0.05, 0.1) is 11.0 Å². The van der Waals surface area contributed by atoms with Crippen LogP contribution < -0.4 is 5.32 Å². The van der Waals surface area contributed by atoms with Crippen molar-refractivity contribution in [3.63, 3.8) is 0 Å². The van der Waals surface area contributed by atoms with Crippen LogP contribution in [-0.4, -0.2) is 22.5 Å². The molecule has 2 N–H and O–H groups in total. The molecule has 2 aromatic rings. The molecule has 23 heavy (non-hydrogen) atoms. The van der Waals surface area contributed by atoms with Gasteiger partial charge in [-0.1, -0.05) is 41.9 Å². The van der Waals surface area contributed by atoms with Gasteiger partial charge in [0.1, 0.15) is 5.56 Å². The van der Waals surface area contributed by atoms with Crippen molar-refractivity contribution in [3.05, 3.63) is 74.8 Å². The van der Waals surface area contributed by atoms with Crippen molar-refractivity contribution in [2.45, 2.75) is 12.5 Å². The average Bonchev–Trinajstić information content (AvgIpc) is 2.55. The maximum Gasteiger partial charge on any atom is 0.282 e. The number of nitrogens with zero attached hydrogens (tertiary/aromatic N) is 1. The summed E-state index contributed by atoms with van der Waals surface area (Å²) in [5.41, 5.74) is 0.336. The van der Waals surface area contributed by atoms with E-state index in [2.05, 4.69) is 5.32 Å². The lowest BCUT2D eigenvalue weighted by Gasteiger charge is -2.11. The molecular weight excluding hydrogens is 320 g/mol. The Hall–Kier alpha value is -2.44. The lowest BCUT2D eigenvalue weighted by atomic mass is 10.1. The van der Waals surface area contributed by atoms with Crippen molar-refractivity contribution in [1.82, 2.24) is 5.32 Å². The molecule has 0 saturated heterocycles. The lowest BCUT2D eigenvalue weighted by Crippen LogP contribution is -2.26. The number of nitrogens with one attached hydrogen (secondary N) is 1. The SMILES string of the molecule is O=C(NCCC(O)c1ccccc1)c1cc(Cl)ccc1[N+](=O)[O-]. The smallest absolute Gasteiger partial charge is 0.282 e. The Bertz CT molecular complexity index is 706. The number of nitro benzene ring substituents is 1. The molecule has 0 bridgehead atoms. The third kappa shape index (κ3) is 4.51. The molecule has 0 aliphatic rings. The Morgan fingerprint density at radius 1 is 1.26 bits per heavy atom. The second kappa shape index (κ2) is 7.71. The molecule has 0 spiro atoms. The van der Waals surface area contributed by atoms with Crippen molar-refractivity contribution in [2.24, 2.45) is 0 Å². The molecule has 7 heteroatoms. The molecule has 2 aromatic carbocycles. The Morgan fingerprint density at radius 3 is 2.61 bits per heavy atom. The largest absolute Gasteiger partial charge is 0.388 e. The third-order valence-electron chi connectivity index (χ3n) is 3.29. The molecule has 0 saturated carbocycles. The highest BCUT2D eigenvalue weighted by Crippen LogP contribution is 2.22. The minimum Gasteiger partial charge on any atom is -0.388 e. The van der Waals surface area contributed by atoms with Gasteiger partial charge in [0, 0.05) is 17.6 Å². The molecule has 6 nitrogen and oxygen atoms in total. The van der Waals surface area contributed by atoms with Crippen molar-refractivity contribution in [2.75, 3.05) is 6.54 Å². The summed E-state index contributed by atoms with van der Waals surface area (Å²) in [6, 6.07) is 12.8. The van der Waals surface area contributed by atoms with Gasteiger partial charge in [-0.25, -0.2) is 0 Å². The maximum atomic E-state index is 12.1. The minimum absolute atomic E-state index is 0.100. The summed E-state index contributed by atoms with van der Waals surface area (Å²) in [4.78, 5) is 22.4. The summed E-state index contributed by atoms with van der Waals surface area (Å²) in [5.74, 6) is -0.598. The van der Waals surface area contributed by atoms with E-state index in [0.717, 1.165) is 5.56 Å². The van der Waals surface area contributed by atoms with Crippen LogP contribution in [0.2, 0.25) is 5.02 Å². The second-order valence-corrected chi connectivity index (χ2v) is 5.33. The van der Waals surface area contributed by atoms with E-state index < -0.39 is 16.9 Å². The highest BCUT2D eigenvalue weighted by Gasteiger charge is 2.20. The van der Waals surface area contributed by atoms with E-state index in [4.69, 9.17) is 11.6 Å². The van der Waals surface area contributed by atoms with Gasteiger partial charge in [-0.3, -0.25) is 14.9 Å². The van der Waals surface area contributed by atoms with Crippen LogP contribution in [0.15, 0.2) is 48.5 Å². The van der Waals surface area contributed by atoms with Gasteiger partial charge in [-0.15, -0.1) is 0 Å². The average molecular weight is 335 g/mol. The van der Waals surface area contributed by atoms with E-state index in [1.54, 1.807) is 12.1 Å². The number of halogens is 1. The molecule has 0 aliphatic carbocycles. The Morgan fingerprint density at radius 2 is 1.96 bits per heavy atom. The Labute approximate surface area is 137 Å². The molecule has 120 valence electrons. The molecule has 1 amide bonds. The van der Waals surface area contributed by atoms with Crippen molar-refractivity contribution < 1.29 is 14.8 Å². The first-order valence-corrected chi connectivity index (χ1v) is 7.32. The lowest BCUT2D eigenvalue weighted by molar-refractivity contribution is -0.385. The monoisotopic (exact) mass is 334 g/mol. The molecule has 0 fully saturated rings. The van der Waals surface area contributed by atoms with E-state index in [9.17, 15) is 20.0 Å². The molecule has 1 unspecified atom stereocenters. The maximum absolute atomic E-state index is 12.1. The van der Waals surface area contributed by atoms with Crippen molar-refractivity contribution in [3.8, 4) is 0 Å². The van der Waals surface area contributed by atoms with E-state index >= 15 is 0 Å². The zero-order valence-electron chi connectivity index (χ0n) is 12.1. The van der Waals surface area contributed by atoms with Crippen LogP contribution in [0.5, 0.6) is 0 Å². The zero-order chi connectivity index (χ0) is 16.8. The highest BCUT2D eigenvalue weighted by molar-refractivity contribution is 6.31. The fraction of sp³-hybridized carbons (Fsp3) is 0.188. The van der Waals surface area contributed by atoms with Crippen LogP contribution >= 0.6 is 11.6 Å². The van der Waals surface area contributed by atoms with Gasteiger partial charge in [-0.2, -0.15) is 0 Å². The zero-order valence-corrected chi connectivity index (χ0v) is 12.9. The summed E-state index contributed by atoms with van der Waals surface area (Å²) >= 11 is 5.79. The molecule has 0 aromatic heterocycles. The molecule has 0 aliphatic heterocycles. The minimum atomic E-state index is -0.717. The number of rotatable bonds is 6. The van der Waals surface area contributed by atoms with Crippen LogP contribution in [0.1, 0.15) is 28.4 Å². The highest BCUT2D eigenvalue weighted by atomic mass is 35.5. The first kappa shape index (κ1) is 16.9. The molecular formula is C16H15ClN2O4. The van der Waals surface area contributed by atoms with Gasteiger partial charge in [0.25, 0.3) is 11.6 Å². The van der Waals surface area contributed by atoms with Gasteiger partial charge in [0.2, 0.25) is 0 Å². The number of aliphatic hydroxyl groups is 1. The summed E-state index contributed by atoms with van der Waals surface area (Å²) in [6.45, 7) is 0.179. The Balaban J connectivity index is 1.98. The number of carbonyl (C=O) groups excluding carboxylic acids is 1. The number of hydrogen-bond acceptors (Lipinski definition) is 4. The number of nitro groups is 1. The van der Waals surface area contributed by atoms with Gasteiger partial charge in [-0.05, 0) is 24.1 Å². The van der Waals surface area contributed by atoms with Crippen LogP contribution in [-0.2, 0) is 0 Å². The first-order chi connectivity index (χ1) is 11.0. The van der Waals surface area contributed by atoms with E-state index in [-0.39, 0.29) is 22.8 Å². The van der Waals surface area contributed by atoms with Crippen molar-refractivity contribution >= 4 is 23.2 Å².